The van der Waals surface area contributed by atoms with Crippen molar-refractivity contribution in [2.45, 2.75) is 90.8 Å². The predicted molar refractivity (Wildman–Crippen MR) is 108 cm³/mol. The van der Waals surface area contributed by atoms with Crippen molar-refractivity contribution in [1.29, 1.82) is 0 Å². The van der Waals surface area contributed by atoms with Crippen molar-refractivity contribution in [3.63, 3.8) is 0 Å². The van der Waals surface area contributed by atoms with E-state index in [4.69, 9.17) is 8.54 Å². The number of rotatable bonds is 12. The highest BCUT2D eigenvalue weighted by Crippen LogP contribution is 2.30. The first-order chi connectivity index (χ1) is 10.4. The SMILES string of the molecule is CC[Si](C=C[Si](CC)(CC)O[Si](CC)(CC)OC)(CC)CC. The molecule has 0 heterocycles. The van der Waals surface area contributed by atoms with Gasteiger partial charge in [0, 0.05) is 7.11 Å². The Kier molecular flexibility index (Phi) is 10.4. The normalized spacial score (nSPS) is 14.0. The highest BCUT2D eigenvalue weighted by Gasteiger charge is 2.42. The van der Waals surface area contributed by atoms with Crippen molar-refractivity contribution < 1.29 is 8.54 Å². The van der Waals surface area contributed by atoms with Crippen molar-refractivity contribution in [3.8, 4) is 0 Å². The van der Waals surface area contributed by atoms with Crippen LogP contribution in [-0.4, -0.2) is 32.1 Å². The monoisotopic (exact) mass is 360 g/mol. The fourth-order valence-corrected chi connectivity index (χ4v) is 16.0. The van der Waals surface area contributed by atoms with Gasteiger partial charge in [-0.2, -0.15) is 0 Å². The van der Waals surface area contributed by atoms with Gasteiger partial charge >= 0.3 is 8.56 Å². The Labute approximate surface area is 143 Å². The molecule has 0 bridgehead atoms. The van der Waals surface area contributed by atoms with E-state index in [2.05, 4.69) is 59.9 Å². The summed E-state index contributed by atoms with van der Waals surface area (Å²) in [6.45, 7) is 16.2. The van der Waals surface area contributed by atoms with Crippen LogP contribution in [0, 0.1) is 0 Å². The van der Waals surface area contributed by atoms with Gasteiger partial charge in [-0.05, 0) is 24.2 Å². The van der Waals surface area contributed by atoms with Gasteiger partial charge in [0.2, 0.25) is 8.32 Å². The van der Waals surface area contributed by atoms with Crippen LogP contribution in [0.1, 0.15) is 48.5 Å². The Hall–Kier alpha value is 0.311. The van der Waals surface area contributed by atoms with Crippen molar-refractivity contribution in [2.24, 2.45) is 0 Å². The highest BCUT2D eigenvalue weighted by molar-refractivity contribution is 6.90. The zero-order chi connectivity index (χ0) is 17.3. The van der Waals surface area contributed by atoms with Gasteiger partial charge in [-0.1, -0.05) is 78.0 Å². The molecule has 0 unspecified atom stereocenters. The average Bonchev–Trinajstić information content (AvgIpc) is 2.60. The second kappa shape index (κ2) is 10.2. The minimum atomic E-state index is -2.00. The molecule has 0 fully saturated rings. The Balaban J connectivity index is 5.51. The number of hydrogen-bond donors (Lipinski definition) is 0. The maximum Gasteiger partial charge on any atom is 0.327 e. The van der Waals surface area contributed by atoms with Gasteiger partial charge in [-0.25, -0.2) is 0 Å². The lowest BCUT2D eigenvalue weighted by atomic mass is 10.9. The predicted octanol–water partition coefficient (Wildman–Crippen LogP) is 6.26. The van der Waals surface area contributed by atoms with E-state index in [0.717, 1.165) is 12.1 Å². The Morgan fingerprint density at radius 1 is 0.636 bits per heavy atom. The summed E-state index contributed by atoms with van der Waals surface area (Å²) in [7, 11) is -3.16. The first-order valence-corrected chi connectivity index (χ1v) is 16.7. The molecule has 0 atom stereocenters. The van der Waals surface area contributed by atoms with Crippen LogP contribution in [0.2, 0.25) is 42.3 Å². The molecule has 0 rings (SSSR count). The minimum absolute atomic E-state index is 1.06. The summed E-state index contributed by atoms with van der Waals surface area (Å²) >= 11 is 0. The third kappa shape index (κ3) is 5.44. The molecule has 0 saturated heterocycles. The lowest BCUT2D eigenvalue weighted by Crippen LogP contribution is -2.51. The first-order valence-electron chi connectivity index (χ1n) is 9.36. The van der Waals surface area contributed by atoms with Crippen LogP contribution in [0.25, 0.3) is 0 Å². The van der Waals surface area contributed by atoms with E-state index in [1.807, 2.05) is 7.11 Å². The van der Waals surface area contributed by atoms with E-state index in [0.29, 0.717) is 0 Å². The molecule has 5 heteroatoms. The summed E-state index contributed by atoms with van der Waals surface area (Å²) in [5.41, 5.74) is 5.22. The molecule has 0 amide bonds. The van der Waals surface area contributed by atoms with Crippen LogP contribution < -0.4 is 0 Å². The van der Waals surface area contributed by atoms with Gasteiger partial charge in [-0.15, -0.1) is 0 Å². The molecule has 22 heavy (non-hydrogen) atoms. The summed E-state index contributed by atoms with van der Waals surface area (Å²) < 4.78 is 12.8. The fourth-order valence-electron chi connectivity index (χ4n) is 3.19. The lowest BCUT2D eigenvalue weighted by Gasteiger charge is -2.38. The zero-order valence-corrected chi connectivity index (χ0v) is 19.4. The van der Waals surface area contributed by atoms with E-state index in [-0.39, 0.29) is 0 Å². The van der Waals surface area contributed by atoms with Gasteiger partial charge < -0.3 is 8.54 Å². The summed E-state index contributed by atoms with van der Waals surface area (Å²) in [6.07, 6.45) is 0. The quantitative estimate of drug-likeness (QED) is 0.382. The van der Waals surface area contributed by atoms with Crippen LogP contribution in [-0.2, 0) is 8.54 Å². The van der Waals surface area contributed by atoms with Crippen molar-refractivity contribution in [2.75, 3.05) is 7.11 Å². The molecule has 0 aliphatic rings. The van der Waals surface area contributed by atoms with Gasteiger partial charge in [0.15, 0.2) is 0 Å². The summed E-state index contributed by atoms with van der Waals surface area (Å²) in [5, 5.41) is 0. The molecule has 0 aromatic carbocycles. The Bertz CT molecular complexity index is 303. The maximum absolute atomic E-state index is 6.89. The molecular weight excluding hydrogens is 320 g/mol. The van der Waals surface area contributed by atoms with Crippen molar-refractivity contribution in [1.82, 2.24) is 0 Å². The first kappa shape index (κ1) is 22.3. The van der Waals surface area contributed by atoms with Crippen LogP contribution in [0.3, 0.4) is 0 Å². The zero-order valence-electron chi connectivity index (χ0n) is 16.4. The summed E-state index contributed by atoms with van der Waals surface area (Å²) in [4.78, 5) is 0. The third-order valence-electron chi connectivity index (χ3n) is 5.89. The fraction of sp³-hybridized carbons (Fsp3) is 0.882. The molecule has 0 spiro atoms. The van der Waals surface area contributed by atoms with Crippen LogP contribution >= 0.6 is 0 Å². The maximum atomic E-state index is 6.89. The average molecular weight is 361 g/mol. The van der Waals surface area contributed by atoms with Crippen LogP contribution in [0.15, 0.2) is 11.4 Å². The molecule has 0 aromatic heterocycles. The topological polar surface area (TPSA) is 18.5 Å². The van der Waals surface area contributed by atoms with Crippen molar-refractivity contribution >= 4 is 25.0 Å². The Morgan fingerprint density at radius 3 is 1.36 bits per heavy atom. The van der Waals surface area contributed by atoms with E-state index in [1.54, 1.807) is 0 Å². The van der Waals surface area contributed by atoms with E-state index < -0.39 is 25.0 Å². The molecule has 0 aromatic rings. The molecule has 2 nitrogen and oxygen atoms in total. The Morgan fingerprint density at radius 2 is 1.09 bits per heavy atom. The van der Waals surface area contributed by atoms with Crippen LogP contribution in [0.4, 0.5) is 0 Å². The molecule has 0 aliphatic heterocycles. The van der Waals surface area contributed by atoms with Crippen molar-refractivity contribution in [3.05, 3.63) is 11.4 Å². The van der Waals surface area contributed by atoms with E-state index in [9.17, 15) is 0 Å². The van der Waals surface area contributed by atoms with Gasteiger partial charge in [0.25, 0.3) is 0 Å². The summed E-state index contributed by atoms with van der Waals surface area (Å²) in [5.74, 6) is 0. The molecule has 132 valence electrons. The standard InChI is InChI=1S/C17H40O2Si3/c1-9-20(10-2,11-3)16-17-21(12-4,13-5)19-22(14-6,15-7)18-8/h16-17H,9-15H2,1-8H3. The third-order valence-corrected chi connectivity index (χ3v) is 20.5. The minimum Gasteiger partial charge on any atom is -0.432 e. The second-order valence-corrected chi connectivity index (χ2v) is 20.0. The molecule has 0 saturated carbocycles. The van der Waals surface area contributed by atoms with E-state index in [1.165, 1.54) is 30.2 Å². The second-order valence-electron chi connectivity index (χ2n) is 6.45. The largest absolute Gasteiger partial charge is 0.432 e. The molecule has 0 aliphatic carbocycles. The highest BCUT2D eigenvalue weighted by atomic mass is 28.4. The van der Waals surface area contributed by atoms with Gasteiger partial charge in [0.05, 0.1) is 8.07 Å². The lowest BCUT2D eigenvalue weighted by molar-refractivity contribution is 0.295. The molecule has 0 N–H and O–H groups in total. The van der Waals surface area contributed by atoms with Gasteiger partial charge in [-0.3, -0.25) is 0 Å². The van der Waals surface area contributed by atoms with Crippen LogP contribution in [0.5, 0.6) is 0 Å². The summed E-state index contributed by atoms with van der Waals surface area (Å²) in [6, 6.07) is 8.49. The smallest absolute Gasteiger partial charge is 0.327 e. The molecule has 0 radical (unpaired) electrons. The number of hydrogen-bond acceptors (Lipinski definition) is 2. The molecular formula is C17H40O2Si3. The van der Waals surface area contributed by atoms with Gasteiger partial charge in [0.1, 0.15) is 0 Å². The van der Waals surface area contributed by atoms with E-state index >= 15 is 0 Å².